The lowest BCUT2D eigenvalue weighted by atomic mass is 9.94. The van der Waals surface area contributed by atoms with E-state index in [-0.39, 0.29) is 12.1 Å². The second-order valence-electron chi connectivity index (χ2n) is 9.26. The fraction of sp³-hybridized carbons (Fsp3) is 0.727. The SMILES string of the molecule is CC(C)CN1CCCC[C@H]1c1cccnc1N(C(=O)OC(C)(C)C)C(C)C. The predicted molar refractivity (Wildman–Crippen MR) is 111 cm³/mol. The lowest BCUT2D eigenvalue weighted by Gasteiger charge is -2.39. The van der Waals surface area contributed by atoms with Crippen LogP contribution in [-0.4, -0.2) is 40.7 Å². The number of hydrogen-bond acceptors (Lipinski definition) is 4. The zero-order chi connectivity index (χ0) is 20.2. The van der Waals surface area contributed by atoms with E-state index in [1.807, 2.05) is 40.7 Å². The quantitative estimate of drug-likeness (QED) is 0.690. The van der Waals surface area contributed by atoms with Crippen molar-refractivity contribution in [3.63, 3.8) is 0 Å². The van der Waals surface area contributed by atoms with Crippen molar-refractivity contribution < 1.29 is 9.53 Å². The van der Waals surface area contributed by atoms with E-state index in [9.17, 15) is 4.79 Å². The highest BCUT2D eigenvalue weighted by Gasteiger charge is 2.32. The van der Waals surface area contributed by atoms with Gasteiger partial charge >= 0.3 is 6.09 Å². The average Bonchev–Trinajstić information content (AvgIpc) is 2.53. The number of anilines is 1. The zero-order valence-corrected chi connectivity index (χ0v) is 18.2. The summed E-state index contributed by atoms with van der Waals surface area (Å²) in [6.45, 7) is 16.4. The first kappa shape index (κ1) is 21.7. The van der Waals surface area contributed by atoms with Gasteiger partial charge in [0.05, 0.1) is 0 Å². The normalized spacial score (nSPS) is 18.8. The van der Waals surface area contributed by atoms with Gasteiger partial charge in [-0.25, -0.2) is 9.78 Å². The number of amides is 1. The molecule has 0 N–H and O–H groups in total. The van der Waals surface area contributed by atoms with Crippen molar-refractivity contribution in [3.8, 4) is 0 Å². The van der Waals surface area contributed by atoms with E-state index >= 15 is 0 Å². The van der Waals surface area contributed by atoms with Gasteiger partial charge < -0.3 is 4.74 Å². The maximum Gasteiger partial charge on any atom is 0.416 e. The standard InChI is InChI=1S/C22H37N3O2/c1-16(2)15-24-14-9-8-12-19(24)18-11-10-13-23-20(18)25(17(3)4)21(26)27-22(5,6)7/h10-11,13,16-17,19H,8-9,12,14-15H2,1-7H3/t19-/m0/s1. The number of carbonyl (C=O) groups is 1. The summed E-state index contributed by atoms with van der Waals surface area (Å²) in [7, 11) is 0. The molecule has 1 amide bonds. The van der Waals surface area contributed by atoms with Gasteiger partial charge in [-0.3, -0.25) is 9.80 Å². The van der Waals surface area contributed by atoms with E-state index in [1.165, 1.54) is 12.8 Å². The molecule has 1 aromatic rings. The highest BCUT2D eigenvalue weighted by molar-refractivity contribution is 5.88. The van der Waals surface area contributed by atoms with Gasteiger partial charge in [-0.15, -0.1) is 0 Å². The largest absolute Gasteiger partial charge is 0.443 e. The molecule has 27 heavy (non-hydrogen) atoms. The van der Waals surface area contributed by atoms with Crippen molar-refractivity contribution in [2.75, 3.05) is 18.0 Å². The van der Waals surface area contributed by atoms with Crippen LogP contribution in [0.25, 0.3) is 0 Å². The molecule has 1 aromatic heterocycles. The van der Waals surface area contributed by atoms with Crippen molar-refractivity contribution in [1.82, 2.24) is 9.88 Å². The molecule has 1 aliphatic rings. The molecule has 0 aliphatic carbocycles. The Morgan fingerprint density at radius 2 is 2.00 bits per heavy atom. The summed E-state index contributed by atoms with van der Waals surface area (Å²) in [5.74, 6) is 1.35. The van der Waals surface area contributed by atoms with Crippen LogP contribution < -0.4 is 4.90 Å². The smallest absolute Gasteiger partial charge is 0.416 e. The molecule has 5 heteroatoms. The first-order valence-electron chi connectivity index (χ1n) is 10.3. The third-order valence-corrected chi connectivity index (χ3v) is 4.72. The van der Waals surface area contributed by atoms with Crippen LogP contribution in [0.2, 0.25) is 0 Å². The van der Waals surface area contributed by atoms with Crippen molar-refractivity contribution in [1.29, 1.82) is 0 Å². The molecular formula is C22H37N3O2. The number of hydrogen-bond donors (Lipinski definition) is 0. The summed E-state index contributed by atoms with van der Waals surface area (Å²) in [5, 5.41) is 0. The molecule has 1 aliphatic heterocycles. The molecular weight excluding hydrogens is 338 g/mol. The lowest BCUT2D eigenvalue weighted by Crippen LogP contribution is -2.43. The van der Waals surface area contributed by atoms with Crippen LogP contribution in [0.1, 0.15) is 79.3 Å². The van der Waals surface area contributed by atoms with E-state index in [4.69, 9.17) is 4.74 Å². The van der Waals surface area contributed by atoms with Crippen molar-refractivity contribution in [2.24, 2.45) is 5.92 Å². The predicted octanol–water partition coefficient (Wildman–Crippen LogP) is 5.41. The molecule has 0 unspecified atom stereocenters. The average molecular weight is 376 g/mol. The first-order chi connectivity index (χ1) is 12.6. The zero-order valence-electron chi connectivity index (χ0n) is 18.2. The van der Waals surface area contributed by atoms with Gasteiger partial charge in [0.2, 0.25) is 0 Å². The van der Waals surface area contributed by atoms with Gasteiger partial charge in [-0.05, 0) is 66.0 Å². The van der Waals surface area contributed by atoms with Crippen LogP contribution >= 0.6 is 0 Å². The molecule has 0 bridgehead atoms. The highest BCUT2D eigenvalue weighted by atomic mass is 16.6. The first-order valence-corrected chi connectivity index (χ1v) is 10.3. The Hall–Kier alpha value is -1.62. The number of aromatic nitrogens is 1. The molecule has 5 nitrogen and oxygen atoms in total. The summed E-state index contributed by atoms with van der Waals surface area (Å²) in [6, 6.07) is 4.38. The summed E-state index contributed by atoms with van der Waals surface area (Å²) < 4.78 is 5.68. The second kappa shape index (κ2) is 9.05. The number of nitrogens with zero attached hydrogens (tertiary/aromatic N) is 3. The van der Waals surface area contributed by atoms with Gasteiger partial charge in [0.15, 0.2) is 0 Å². The monoisotopic (exact) mass is 375 g/mol. The van der Waals surface area contributed by atoms with E-state index in [0.717, 1.165) is 30.9 Å². The van der Waals surface area contributed by atoms with Crippen LogP contribution in [0.3, 0.4) is 0 Å². The molecule has 0 saturated carbocycles. The Labute approximate surface area is 165 Å². The molecule has 2 heterocycles. The summed E-state index contributed by atoms with van der Waals surface area (Å²) >= 11 is 0. The van der Waals surface area contributed by atoms with Crippen LogP contribution in [-0.2, 0) is 4.74 Å². The maximum atomic E-state index is 12.9. The van der Waals surface area contributed by atoms with Crippen LogP contribution in [0.15, 0.2) is 18.3 Å². The van der Waals surface area contributed by atoms with E-state index in [2.05, 4.69) is 29.8 Å². The van der Waals surface area contributed by atoms with Gasteiger partial charge in [0.25, 0.3) is 0 Å². The number of pyridine rings is 1. The Bertz CT molecular complexity index is 622. The highest BCUT2D eigenvalue weighted by Crippen LogP contribution is 2.36. The molecule has 1 saturated heterocycles. The van der Waals surface area contributed by atoms with Crippen LogP contribution in [0.5, 0.6) is 0 Å². The number of piperidine rings is 1. The van der Waals surface area contributed by atoms with Crippen LogP contribution in [0, 0.1) is 5.92 Å². The summed E-state index contributed by atoms with van der Waals surface area (Å²) in [4.78, 5) is 21.9. The minimum Gasteiger partial charge on any atom is -0.443 e. The molecule has 0 radical (unpaired) electrons. The Morgan fingerprint density at radius 1 is 1.30 bits per heavy atom. The van der Waals surface area contributed by atoms with Gasteiger partial charge in [0.1, 0.15) is 11.4 Å². The van der Waals surface area contributed by atoms with E-state index < -0.39 is 5.60 Å². The van der Waals surface area contributed by atoms with E-state index in [0.29, 0.717) is 12.0 Å². The number of rotatable bonds is 5. The second-order valence-corrected chi connectivity index (χ2v) is 9.26. The van der Waals surface area contributed by atoms with Gasteiger partial charge in [-0.2, -0.15) is 0 Å². The number of carbonyl (C=O) groups excluding carboxylic acids is 1. The van der Waals surface area contributed by atoms with Gasteiger partial charge in [-0.1, -0.05) is 26.3 Å². The Kier molecular flexibility index (Phi) is 7.26. The van der Waals surface area contributed by atoms with Crippen molar-refractivity contribution in [2.45, 2.75) is 85.4 Å². The van der Waals surface area contributed by atoms with Gasteiger partial charge in [0, 0.05) is 30.4 Å². The Balaban J connectivity index is 2.40. The topological polar surface area (TPSA) is 45.7 Å². The number of ether oxygens (including phenoxy) is 1. The van der Waals surface area contributed by atoms with Crippen molar-refractivity contribution in [3.05, 3.63) is 23.9 Å². The van der Waals surface area contributed by atoms with Crippen molar-refractivity contribution >= 4 is 11.9 Å². The fourth-order valence-electron chi connectivity index (χ4n) is 3.75. The third-order valence-electron chi connectivity index (χ3n) is 4.72. The maximum absolute atomic E-state index is 12.9. The lowest BCUT2D eigenvalue weighted by molar-refractivity contribution is 0.0567. The minimum absolute atomic E-state index is 0.0318. The minimum atomic E-state index is -0.534. The van der Waals surface area contributed by atoms with E-state index in [1.54, 1.807) is 11.1 Å². The van der Waals surface area contributed by atoms with Crippen LogP contribution in [0.4, 0.5) is 10.6 Å². The number of likely N-dealkylation sites (tertiary alicyclic amines) is 1. The Morgan fingerprint density at radius 3 is 2.59 bits per heavy atom. The molecule has 0 aromatic carbocycles. The molecule has 1 atom stereocenters. The third kappa shape index (κ3) is 5.93. The summed E-state index contributed by atoms with van der Waals surface area (Å²) in [6.07, 6.45) is 4.99. The fourth-order valence-corrected chi connectivity index (χ4v) is 3.75. The summed E-state index contributed by atoms with van der Waals surface area (Å²) in [5.41, 5.74) is 0.602. The molecule has 152 valence electrons. The molecule has 1 fully saturated rings. The molecule has 2 rings (SSSR count). The molecule has 0 spiro atoms.